The van der Waals surface area contributed by atoms with Crippen LogP contribution in [0.25, 0.3) is 0 Å². The van der Waals surface area contributed by atoms with Crippen molar-refractivity contribution in [2.45, 2.75) is 50.9 Å². The summed E-state index contributed by atoms with van der Waals surface area (Å²) in [5.41, 5.74) is -1.08. The van der Waals surface area contributed by atoms with Gasteiger partial charge in [-0.3, -0.25) is 9.59 Å². The lowest BCUT2D eigenvalue weighted by Crippen LogP contribution is -2.65. The molecule has 162 valence electrons. The molecule has 2 saturated carbocycles. The Labute approximate surface area is 175 Å². The average Bonchev–Trinajstić information content (AvgIpc) is 3.21. The fraction of sp³-hybridized carbons (Fsp3) is 0.565. The molecule has 0 spiro atoms. The molecule has 4 rings (SSSR count). The quantitative estimate of drug-likeness (QED) is 0.563. The third-order valence-corrected chi connectivity index (χ3v) is 7.32. The van der Waals surface area contributed by atoms with Crippen LogP contribution >= 0.6 is 0 Å². The number of ether oxygens (including phenoxy) is 4. The third-order valence-electron chi connectivity index (χ3n) is 7.32. The number of fused-ring (bicyclic) bond motifs is 3. The van der Waals surface area contributed by atoms with Gasteiger partial charge in [-0.25, -0.2) is 0 Å². The van der Waals surface area contributed by atoms with E-state index in [2.05, 4.69) is 6.58 Å². The summed E-state index contributed by atoms with van der Waals surface area (Å²) in [4.78, 5) is 25.0. The number of aliphatic hydroxyl groups excluding tert-OH is 1. The average molecular weight is 416 g/mol. The zero-order valence-corrected chi connectivity index (χ0v) is 17.6. The summed E-state index contributed by atoms with van der Waals surface area (Å²) >= 11 is 0. The van der Waals surface area contributed by atoms with E-state index < -0.39 is 29.2 Å². The van der Waals surface area contributed by atoms with Crippen LogP contribution in [0.15, 0.2) is 30.9 Å². The van der Waals surface area contributed by atoms with Gasteiger partial charge < -0.3 is 24.1 Å². The van der Waals surface area contributed by atoms with Crippen LogP contribution in [0.1, 0.15) is 32.3 Å². The van der Waals surface area contributed by atoms with Gasteiger partial charge >= 0.3 is 5.97 Å². The molecule has 0 unspecified atom stereocenters. The van der Waals surface area contributed by atoms with Gasteiger partial charge in [0, 0.05) is 31.8 Å². The van der Waals surface area contributed by atoms with E-state index in [-0.39, 0.29) is 30.8 Å². The van der Waals surface area contributed by atoms with Gasteiger partial charge in [0.1, 0.15) is 5.60 Å². The molecule has 2 aliphatic carbocycles. The van der Waals surface area contributed by atoms with Crippen LogP contribution in [-0.4, -0.2) is 48.6 Å². The number of benzene rings is 1. The van der Waals surface area contributed by atoms with Gasteiger partial charge in [-0.2, -0.15) is 0 Å². The Morgan fingerprint density at radius 1 is 1.37 bits per heavy atom. The normalized spacial score (nSPS) is 36.6. The molecule has 1 aromatic rings. The summed E-state index contributed by atoms with van der Waals surface area (Å²) < 4.78 is 22.3. The molecule has 3 aliphatic rings. The molecule has 0 aromatic heterocycles. The minimum Gasteiger partial charge on any atom is -0.454 e. The standard InChI is InChI=1S/C23H28O7/c1-5-8-22-11-17(25)20(30-14(3)24)23(27-4,21(22)26)16(13(22)2)9-15-6-7-18-19(10-15)29-12-28-18/h5-7,10,13,16,20-21,26H,1,8-9,11-12H2,2-4H3/t13-,16-,20+,21-,22+,23-/m1/s1. The monoisotopic (exact) mass is 416 g/mol. The Bertz CT molecular complexity index is 880. The fourth-order valence-corrected chi connectivity index (χ4v) is 5.95. The number of aliphatic hydroxyl groups is 1. The third kappa shape index (κ3) is 2.79. The Hall–Kier alpha value is -2.38. The molecule has 1 aromatic carbocycles. The van der Waals surface area contributed by atoms with E-state index >= 15 is 0 Å². The summed E-state index contributed by atoms with van der Waals surface area (Å²) in [6, 6.07) is 5.71. The number of esters is 1. The van der Waals surface area contributed by atoms with Crippen LogP contribution in [0, 0.1) is 17.3 Å². The molecule has 1 heterocycles. The highest BCUT2D eigenvalue weighted by atomic mass is 16.7. The number of hydrogen-bond donors (Lipinski definition) is 1. The molecule has 2 bridgehead atoms. The van der Waals surface area contributed by atoms with Crippen LogP contribution in [0.5, 0.6) is 11.5 Å². The van der Waals surface area contributed by atoms with Gasteiger partial charge in [-0.15, -0.1) is 6.58 Å². The second kappa shape index (κ2) is 7.39. The summed E-state index contributed by atoms with van der Waals surface area (Å²) in [6.07, 6.45) is 0.703. The number of hydrogen-bond acceptors (Lipinski definition) is 7. The second-order valence-electron chi connectivity index (χ2n) is 8.61. The number of carbonyl (C=O) groups is 2. The van der Waals surface area contributed by atoms with Gasteiger partial charge in [0.2, 0.25) is 6.79 Å². The smallest absolute Gasteiger partial charge is 0.303 e. The minimum atomic E-state index is -1.33. The molecule has 30 heavy (non-hydrogen) atoms. The molecule has 0 amide bonds. The first kappa shape index (κ1) is 20.9. The first-order chi connectivity index (χ1) is 14.3. The molecule has 1 aliphatic heterocycles. The Morgan fingerprint density at radius 3 is 2.77 bits per heavy atom. The summed E-state index contributed by atoms with van der Waals surface area (Å²) in [5.74, 6) is 0.207. The highest BCUT2D eigenvalue weighted by molar-refractivity contribution is 5.89. The molecule has 7 nitrogen and oxygen atoms in total. The zero-order chi connectivity index (χ0) is 21.7. The predicted molar refractivity (Wildman–Crippen MR) is 107 cm³/mol. The van der Waals surface area contributed by atoms with Crippen molar-refractivity contribution < 1.29 is 33.6 Å². The predicted octanol–water partition coefficient (Wildman–Crippen LogP) is 2.44. The van der Waals surface area contributed by atoms with Crippen molar-refractivity contribution in [1.29, 1.82) is 0 Å². The minimum absolute atomic E-state index is 0.0830. The van der Waals surface area contributed by atoms with E-state index in [4.69, 9.17) is 18.9 Å². The number of methoxy groups -OCH3 is 1. The van der Waals surface area contributed by atoms with E-state index in [9.17, 15) is 14.7 Å². The maximum atomic E-state index is 13.1. The highest BCUT2D eigenvalue weighted by Crippen LogP contribution is 2.63. The second-order valence-corrected chi connectivity index (χ2v) is 8.61. The molecule has 6 atom stereocenters. The first-order valence-corrected chi connectivity index (χ1v) is 10.2. The van der Waals surface area contributed by atoms with Gasteiger partial charge in [-0.1, -0.05) is 19.1 Å². The molecule has 2 fully saturated rings. The number of allylic oxidation sites excluding steroid dienone is 1. The lowest BCUT2D eigenvalue weighted by atomic mass is 9.65. The lowest BCUT2D eigenvalue weighted by molar-refractivity contribution is -0.217. The van der Waals surface area contributed by atoms with Crippen molar-refractivity contribution in [2.75, 3.05) is 13.9 Å². The van der Waals surface area contributed by atoms with Crippen molar-refractivity contribution >= 4 is 11.8 Å². The van der Waals surface area contributed by atoms with Crippen LogP contribution in [0.4, 0.5) is 0 Å². The van der Waals surface area contributed by atoms with E-state index in [1.54, 1.807) is 6.08 Å². The molecular weight excluding hydrogens is 388 g/mol. The van der Waals surface area contributed by atoms with Gasteiger partial charge in [0.15, 0.2) is 23.4 Å². The van der Waals surface area contributed by atoms with E-state index in [1.165, 1.54) is 14.0 Å². The van der Waals surface area contributed by atoms with Gasteiger partial charge in [-0.05, 0) is 36.5 Å². The summed E-state index contributed by atoms with van der Waals surface area (Å²) in [6.45, 7) is 7.33. The zero-order valence-electron chi connectivity index (χ0n) is 17.6. The Morgan fingerprint density at radius 2 is 2.10 bits per heavy atom. The Balaban J connectivity index is 1.79. The van der Waals surface area contributed by atoms with Crippen LogP contribution < -0.4 is 9.47 Å². The number of rotatable bonds is 6. The van der Waals surface area contributed by atoms with Crippen LogP contribution in [0.3, 0.4) is 0 Å². The van der Waals surface area contributed by atoms with Crippen molar-refractivity contribution in [3.63, 3.8) is 0 Å². The largest absolute Gasteiger partial charge is 0.454 e. The molecule has 1 N–H and O–H groups in total. The molecular formula is C23H28O7. The molecule has 0 radical (unpaired) electrons. The number of ketones is 1. The molecule has 0 saturated heterocycles. The maximum Gasteiger partial charge on any atom is 0.303 e. The lowest BCUT2D eigenvalue weighted by Gasteiger charge is -2.47. The van der Waals surface area contributed by atoms with E-state index in [1.807, 2.05) is 25.1 Å². The fourth-order valence-electron chi connectivity index (χ4n) is 5.95. The Kier molecular flexibility index (Phi) is 5.14. The van der Waals surface area contributed by atoms with Gasteiger partial charge in [0.25, 0.3) is 0 Å². The summed E-state index contributed by atoms with van der Waals surface area (Å²) in [7, 11) is 1.47. The SMILES string of the molecule is C=CC[C@]12CC(=O)[C@H](OC(C)=O)[C@](OC)([C@H](Cc3ccc4c(c3)OCO4)[C@H]1C)[C@@H]2O. The highest BCUT2D eigenvalue weighted by Gasteiger charge is 2.74. The van der Waals surface area contributed by atoms with Crippen molar-refractivity contribution in [2.24, 2.45) is 17.3 Å². The van der Waals surface area contributed by atoms with Crippen molar-refractivity contribution in [3.8, 4) is 11.5 Å². The van der Waals surface area contributed by atoms with Crippen molar-refractivity contribution in [1.82, 2.24) is 0 Å². The topological polar surface area (TPSA) is 91.3 Å². The van der Waals surface area contributed by atoms with Gasteiger partial charge in [0.05, 0.1) is 6.10 Å². The van der Waals surface area contributed by atoms with E-state index in [0.717, 1.165) is 5.56 Å². The molecule has 7 heteroatoms. The van der Waals surface area contributed by atoms with Crippen LogP contribution in [-0.2, 0) is 25.5 Å². The first-order valence-electron chi connectivity index (χ1n) is 10.2. The summed E-state index contributed by atoms with van der Waals surface area (Å²) in [5, 5.41) is 11.6. The number of carbonyl (C=O) groups excluding carboxylic acids is 2. The maximum absolute atomic E-state index is 13.1. The van der Waals surface area contributed by atoms with E-state index in [0.29, 0.717) is 24.3 Å². The van der Waals surface area contributed by atoms with Crippen LogP contribution in [0.2, 0.25) is 0 Å². The number of Topliss-reactive ketones (excluding diaryl/α,β-unsaturated/α-hetero) is 1. The van der Waals surface area contributed by atoms with Crippen molar-refractivity contribution in [3.05, 3.63) is 36.4 Å².